The Morgan fingerprint density at radius 3 is 2.73 bits per heavy atom. The first-order valence-corrected chi connectivity index (χ1v) is 7.31. The van der Waals surface area contributed by atoms with Gasteiger partial charge in [0.15, 0.2) is 17.6 Å². The van der Waals surface area contributed by atoms with Crippen LogP contribution in [0.3, 0.4) is 0 Å². The largest absolute Gasteiger partial charge is 0.355 e. The van der Waals surface area contributed by atoms with Crippen LogP contribution in [0.1, 0.15) is 31.5 Å². The van der Waals surface area contributed by atoms with Crippen LogP contribution in [-0.2, 0) is 11.8 Å². The van der Waals surface area contributed by atoms with Crippen LogP contribution in [0, 0.1) is 11.3 Å². The highest BCUT2D eigenvalue weighted by Gasteiger charge is 2.26. The SMILES string of the molecule is CCCCNC(=O)[C@@H](C#N)c1nnc(-c2ccccc2)n1C. The third-order valence-corrected chi connectivity index (χ3v) is 3.42. The molecule has 6 nitrogen and oxygen atoms in total. The fourth-order valence-corrected chi connectivity index (χ4v) is 2.16. The summed E-state index contributed by atoms with van der Waals surface area (Å²) in [6, 6.07) is 11.6. The molecule has 0 saturated heterocycles. The first kappa shape index (κ1) is 15.7. The molecule has 1 N–H and O–H groups in total. The third-order valence-electron chi connectivity index (χ3n) is 3.42. The number of nitriles is 1. The van der Waals surface area contributed by atoms with Crippen LogP contribution in [0.2, 0.25) is 0 Å². The van der Waals surface area contributed by atoms with E-state index in [2.05, 4.69) is 15.5 Å². The van der Waals surface area contributed by atoms with E-state index in [-0.39, 0.29) is 5.91 Å². The van der Waals surface area contributed by atoms with Crippen molar-refractivity contribution in [1.82, 2.24) is 20.1 Å². The van der Waals surface area contributed by atoms with Gasteiger partial charge in [-0.1, -0.05) is 43.7 Å². The van der Waals surface area contributed by atoms with Crippen molar-refractivity contribution in [3.05, 3.63) is 36.2 Å². The summed E-state index contributed by atoms with van der Waals surface area (Å²) in [6.45, 7) is 2.61. The normalized spacial score (nSPS) is 11.7. The van der Waals surface area contributed by atoms with Crippen molar-refractivity contribution in [2.24, 2.45) is 7.05 Å². The first-order chi connectivity index (χ1) is 10.7. The molecule has 0 radical (unpaired) electrons. The molecule has 1 amide bonds. The van der Waals surface area contributed by atoms with Crippen LogP contribution >= 0.6 is 0 Å². The molecular weight excluding hydrogens is 278 g/mol. The first-order valence-electron chi connectivity index (χ1n) is 7.31. The number of hydrogen-bond acceptors (Lipinski definition) is 4. The number of nitrogens with zero attached hydrogens (tertiary/aromatic N) is 4. The molecule has 1 aromatic carbocycles. The molecule has 0 bridgehead atoms. The van der Waals surface area contributed by atoms with E-state index in [1.54, 1.807) is 11.6 Å². The highest BCUT2D eigenvalue weighted by molar-refractivity contribution is 5.85. The van der Waals surface area contributed by atoms with Crippen LogP contribution in [0.5, 0.6) is 0 Å². The topological polar surface area (TPSA) is 83.6 Å². The number of unbranched alkanes of at least 4 members (excludes halogenated alkanes) is 1. The Kier molecular flexibility index (Phi) is 5.26. The van der Waals surface area contributed by atoms with Gasteiger partial charge in [0, 0.05) is 19.2 Å². The van der Waals surface area contributed by atoms with E-state index in [1.165, 1.54) is 0 Å². The molecule has 0 unspecified atom stereocenters. The zero-order chi connectivity index (χ0) is 15.9. The van der Waals surface area contributed by atoms with Gasteiger partial charge < -0.3 is 9.88 Å². The predicted octanol–water partition coefficient (Wildman–Crippen LogP) is 2.01. The molecule has 1 heterocycles. The van der Waals surface area contributed by atoms with Crippen molar-refractivity contribution in [1.29, 1.82) is 5.26 Å². The summed E-state index contributed by atoms with van der Waals surface area (Å²) in [5, 5.41) is 20.2. The molecule has 0 aliphatic heterocycles. The van der Waals surface area contributed by atoms with Gasteiger partial charge in [-0.15, -0.1) is 10.2 Å². The second-order valence-corrected chi connectivity index (χ2v) is 5.01. The zero-order valence-electron chi connectivity index (χ0n) is 12.8. The Bertz CT molecular complexity index is 672. The lowest BCUT2D eigenvalue weighted by Crippen LogP contribution is -2.30. The average molecular weight is 297 g/mol. The number of carbonyl (C=O) groups excluding carboxylic acids is 1. The summed E-state index contributed by atoms with van der Waals surface area (Å²) >= 11 is 0. The summed E-state index contributed by atoms with van der Waals surface area (Å²) in [6.07, 6.45) is 1.87. The maximum absolute atomic E-state index is 12.1. The number of benzene rings is 1. The fraction of sp³-hybridized carbons (Fsp3) is 0.375. The van der Waals surface area contributed by atoms with Crippen LogP contribution in [0.25, 0.3) is 11.4 Å². The maximum atomic E-state index is 12.1. The molecule has 0 spiro atoms. The van der Waals surface area contributed by atoms with Gasteiger partial charge in [-0.2, -0.15) is 5.26 Å². The second kappa shape index (κ2) is 7.36. The zero-order valence-corrected chi connectivity index (χ0v) is 12.8. The van der Waals surface area contributed by atoms with Gasteiger partial charge in [-0.3, -0.25) is 4.79 Å². The molecule has 0 fully saturated rings. The molecule has 6 heteroatoms. The van der Waals surface area contributed by atoms with E-state index in [9.17, 15) is 10.1 Å². The van der Waals surface area contributed by atoms with Crippen molar-refractivity contribution in [3.8, 4) is 17.5 Å². The maximum Gasteiger partial charge on any atom is 0.245 e. The minimum Gasteiger partial charge on any atom is -0.355 e. The monoisotopic (exact) mass is 297 g/mol. The average Bonchev–Trinajstić information content (AvgIpc) is 2.91. The van der Waals surface area contributed by atoms with Crippen molar-refractivity contribution in [3.63, 3.8) is 0 Å². The number of rotatable bonds is 6. The molecule has 2 aromatic rings. The number of nitrogens with one attached hydrogen (secondary N) is 1. The minimum absolute atomic E-state index is 0.328. The molecule has 0 aliphatic carbocycles. The van der Waals surface area contributed by atoms with Crippen LogP contribution in [0.15, 0.2) is 30.3 Å². The van der Waals surface area contributed by atoms with Gasteiger partial charge in [0.2, 0.25) is 5.91 Å². The van der Waals surface area contributed by atoms with E-state index in [1.807, 2.05) is 43.3 Å². The molecule has 1 atom stereocenters. The highest BCUT2D eigenvalue weighted by Crippen LogP contribution is 2.20. The van der Waals surface area contributed by atoms with E-state index in [0.29, 0.717) is 18.2 Å². The van der Waals surface area contributed by atoms with Crippen molar-refractivity contribution < 1.29 is 4.79 Å². The lowest BCUT2D eigenvalue weighted by molar-refractivity contribution is -0.121. The quantitative estimate of drug-likeness (QED) is 0.827. The van der Waals surface area contributed by atoms with Gasteiger partial charge in [0.25, 0.3) is 0 Å². The minimum atomic E-state index is -0.952. The van der Waals surface area contributed by atoms with Crippen LogP contribution in [0.4, 0.5) is 0 Å². The van der Waals surface area contributed by atoms with Gasteiger partial charge in [-0.25, -0.2) is 0 Å². The lowest BCUT2D eigenvalue weighted by atomic mass is 10.1. The molecular formula is C16H19N5O. The molecule has 0 aliphatic rings. The van der Waals surface area contributed by atoms with Gasteiger partial charge >= 0.3 is 0 Å². The smallest absolute Gasteiger partial charge is 0.245 e. The van der Waals surface area contributed by atoms with Gasteiger partial charge in [0.05, 0.1) is 6.07 Å². The second-order valence-electron chi connectivity index (χ2n) is 5.01. The Hall–Kier alpha value is -2.68. The van der Waals surface area contributed by atoms with Crippen molar-refractivity contribution in [2.45, 2.75) is 25.7 Å². The Labute approximate surface area is 129 Å². The van der Waals surface area contributed by atoms with E-state index in [0.717, 1.165) is 18.4 Å². The van der Waals surface area contributed by atoms with Gasteiger partial charge in [-0.05, 0) is 6.42 Å². The summed E-state index contributed by atoms with van der Waals surface area (Å²) < 4.78 is 1.70. The van der Waals surface area contributed by atoms with Crippen LogP contribution in [-0.4, -0.2) is 27.2 Å². The van der Waals surface area contributed by atoms with E-state index < -0.39 is 5.92 Å². The summed E-state index contributed by atoms with van der Waals surface area (Å²) in [5.41, 5.74) is 0.895. The summed E-state index contributed by atoms with van der Waals surface area (Å²) in [7, 11) is 1.77. The summed E-state index contributed by atoms with van der Waals surface area (Å²) in [5.74, 6) is -0.287. The third kappa shape index (κ3) is 3.31. The number of aromatic nitrogens is 3. The number of hydrogen-bond donors (Lipinski definition) is 1. The highest BCUT2D eigenvalue weighted by atomic mass is 16.1. The molecule has 22 heavy (non-hydrogen) atoms. The lowest BCUT2D eigenvalue weighted by Gasteiger charge is -2.10. The number of amides is 1. The Morgan fingerprint density at radius 2 is 2.09 bits per heavy atom. The standard InChI is InChI=1S/C16H19N5O/c1-3-4-10-18-16(22)13(11-17)15-20-19-14(21(15)2)12-8-6-5-7-9-12/h5-9,13H,3-4,10H2,1-2H3,(H,18,22)/t13-/m0/s1. The predicted molar refractivity (Wildman–Crippen MR) is 82.7 cm³/mol. The molecule has 1 aromatic heterocycles. The Morgan fingerprint density at radius 1 is 1.36 bits per heavy atom. The fourth-order valence-electron chi connectivity index (χ4n) is 2.16. The van der Waals surface area contributed by atoms with E-state index >= 15 is 0 Å². The van der Waals surface area contributed by atoms with E-state index in [4.69, 9.17) is 0 Å². The molecule has 114 valence electrons. The molecule has 2 rings (SSSR count). The van der Waals surface area contributed by atoms with Crippen LogP contribution < -0.4 is 5.32 Å². The molecule has 0 saturated carbocycles. The van der Waals surface area contributed by atoms with Crippen molar-refractivity contribution >= 4 is 5.91 Å². The summed E-state index contributed by atoms with van der Waals surface area (Å²) in [4.78, 5) is 12.1. The van der Waals surface area contributed by atoms with Crippen molar-refractivity contribution in [2.75, 3.05) is 6.54 Å². The van der Waals surface area contributed by atoms with Gasteiger partial charge in [0.1, 0.15) is 0 Å². The Balaban J connectivity index is 2.23. The number of carbonyl (C=O) groups is 1.